The van der Waals surface area contributed by atoms with Crippen LogP contribution in [0.15, 0.2) is 27.4 Å². The number of hydrogen-bond acceptors (Lipinski definition) is 7. The Bertz CT molecular complexity index is 980. The zero-order valence-corrected chi connectivity index (χ0v) is 20.8. The van der Waals surface area contributed by atoms with E-state index in [9.17, 15) is 19.5 Å². The number of aryl methyl sites for hydroxylation is 1. The molecule has 0 aliphatic rings. The van der Waals surface area contributed by atoms with Crippen LogP contribution in [-0.2, 0) is 17.6 Å². The van der Waals surface area contributed by atoms with Crippen LogP contribution in [0.2, 0.25) is 0 Å². The first kappa shape index (κ1) is 26.6. The molecule has 33 heavy (non-hydrogen) atoms. The molecule has 182 valence electrons. The molecule has 0 bridgehead atoms. The lowest BCUT2D eigenvalue weighted by Gasteiger charge is -2.13. The summed E-state index contributed by atoms with van der Waals surface area (Å²) in [5.41, 5.74) is -1.07. The van der Waals surface area contributed by atoms with E-state index in [2.05, 4.69) is 23.0 Å². The molecule has 0 aliphatic carbocycles. The molecule has 0 saturated carbocycles. The number of Topliss-reactive ketones (excluding diaryl/α,β-unsaturated/α-hetero) is 1. The minimum absolute atomic E-state index is 0.115. The maximum Gasteiger partial charge on any atom is 0.406 e. The molecule has 2 aromatic rings. The summed E-state index contributed by atoms with van der Waals surface area (Å²) in [4.78, 5) is 38.9. The van der Waals surface area contributed by atoms with Crippen molar-refractivity contribution in [2.75, 3.05) is 13.7 Å². The average molecular weight is 478 g/mol. The number of amides is 1. The highest BCUT2D eigenvalue weighted by molar-refractivity contribution is 7.12. The lowest BCUT2D eigenvalue weighted by atomic mass is 9.95. The Morgan fingerprint density at radius 1 is 1.18 bits per heavy atom. The predicted molar refractivity (Wildman–Crippen MR) is 129 cm³/mol. The third-order valence-electron chi connectivity index (χ3n) is 5.65. The fourth-order valence-corrected chi connectivity index (χ4v) is 4.80. The van der Waals surface area contributed by atoms with E-state index in [1.165, 1.54) is 18.1 Å². The van der Waals surface area contributed by atoms with E-state index in [0.29, 0.717) is 25.1 Å². The highest BCUT2D eigenvalue weighted by Crippen LogP contribution is 2.28. The van der Waals surface area contributed by atoms with Crippen LogP contribution in [0.5, 0.6) is 5.75 Å². The van der Waals surface area contributed by atoms with E-state index in [4.69, 9.17) is 4.42 Å². The summed E-state index contributed by atoms with van der Waals surface area (Å²) in [6, 6.07) is 5.51. The number of carbonyl (C=O) groups excluding carboxylic acids is 2. The van der Waals surface area contributed by atoms with Crippen LogP contribution in [0.25, 0.3) is 0 Å². The van der Waals surface area contributed by atoms with Gasteiger partial charge in [0.25, 0.3) is 0 Å². The van der Waals surface area contributed by atoms with E-state index in [0.717, 1.165) is 37.0 Å². The predicted octanol–water partition coefficient (Wildman–Crippen LogP) is 5.44. The number of carbonyl (C=O) groups is 2. The molecule has 8 heteroatoms. The highest BCUT2D eigenvalue weighted by Gasteiger charge is 2.25. The van der Waals surface area contributed by atoms with Gasteiger partial charge >= 0.3 is 11.7 Å². The molecule has 2 N–H and O–H groups in total. The van der Waals surface area contributed by atoms with Gasteiger partial charge < -0.3 is 19.6 Å². The van der Waals surface area contributed by atoms with Gasteiger partial charge in [0.1, 0.15) is 17.1 Å². The molecule has 2 unspecified atom stereocenters. The summed E-state index contributed by atoms with van der Waals surface area (Å²) in [5.74, 6) is -0.940. The monoisotopic (exact) mass is 477 g/mol. The number of aromatic hydroxyl groups is 1. The first-order valence-corrected chi connectivity index (χ1v) is 12.4. The van der Waals surface area contributed by atoms with Gasteiger partial charge in [-0.1, -0.05) is 33.6 Å². The van der Waals surface area contributed by atoms with Gasteiger partial charge in [-0.3, -0.25) is 4.79 Å². The largest absolute Gasteiger partial charge is 0.507 e. The Balaban J connectivity index is 1.97. The van der Waals surface area contributed by atoms with Gasteiger partial charge in [-0.05, 0) is 44.2 Å². The van der Waals surface area contributed by atoms with Gasteiger partial charge in [-0.15, -0.1) is 11.3 Å². The fourth-order valence-electron chi connectivity index (χ4n) is 3.61. The van der Waals surface area contributed by atoms with Gasteiger partial charge in [0.05, 0.1) is 7.11 Å². The Labute approximate surface area is 199 Å². The summed E-state index contributed by atoms with van der Waals surface area (Å²) >= 11 is 1.70. The van der Waals surface area contributed by atoms with Crippen LogP contribution < -0.4 is 10.9 Å². The maximum absolute atomic E-state index is 12.9. The van der Waals surface area contributed by atoms with Crippen molar-refractivity contribution in [1.82, 2.24) is 5.32 Å². The van der Waals surface area contributed by atoms with Gasteiger partial charge in [0.2, 0.25) is 0 Å². The molecule has 7 nitrogen and oxygen atoms in total. The fraction of sp³-hybridized carbons (Fsp3) is 0.560. The van der Waals surface area contributed by atoms with Crippen LogP contribution in [0.1, 0.15) is 84.7 Å². The molecule has 2 atom stereocenters. The number of alkyl carbamates (subject to hydrolysis) is 1. The molecule has 0 aliphatic heterocycles. The lowest BCUT2D eigenvalue weighted by Crippen LogP contribution is -2.24. The molecule has 2 heterocycles. The zero-order valence-electron chi connectivity index (χ0n) is 19.9. The topological polar surface area (TPSA) is 106 Å². The van der Waals surface area contributed by atoms with E-state index in [1.807, 2.05) is 13.0 Å². The average Bonchev–Trinajstić information content (AvgIpc) is 3.23. The number of nitrogens with one attached hydrogen (secondary N) is 1. The molecular formula is C25H35NO6S. The molecule has 0 fully saturated rings. The number of methoxy groups -OCH3 is 1. The van der Waals surface area contributed by atoms with Gasteiger partial charge in [-0.25, -0.2) is 9.59 Å². The molecule has 2 aromatic heterocycles. The van der Waals surface area contributed by atoms with Crippen molar-refractivity contribution in [2.24, 2.45) is 5.92 Å². The van der Waals surface area contributed by atoms with Gasteiger partial charge in [-0.2, -0.15) is 0 Å². The minimum atomic E-state index is -0.795. The van der Waals surface area contributed by atoms with Crippen LogP contribution in [0, 0.1) is 5.92 Å². The van der Waals surface area contributed by atoms with Crippen LogP contribution in [0.3, 0.4) is 0 Å². The minimum Gasteiger partial charge on any atom is -0.507 e. The third-order valence-corrected chi connectivity index (χ3v) is 6.82. The normalized spacial score (nSPS) is 12.8. The zero-order chi connectivity index (χ0) is 24.4. The third kappa shape index (κ3) is 8.03. The molecule has 0 spiro atoms. The SMILES string of the molecule is CCCCc1ccc(CC(C)C(=O)c2c(O)cc(C(C)CCCCNC(=O)OC)oc2=O)s1. The van der Waals surface area contributed by atoms with Crippen molar-refractivity contribution in [3.05, 3.63) is 49.7 Å². The van der Waals surface area contributed by atoms with E-state index in [-0.39, 0.29) is 17.2 Å². The standard InChI is InChI=1S/C25H35NO6S/c1-5-6-10-18-11-12-19(33-18)14-17(3)23(28)22-20(27)15-21(32-24(22)29)16(2)9-7-8-13-26-25(30)31-4/h11-12,15-17,27H,5-10,13-14H2,1-4H3,(H,26,30). The summed E-state index contributed by atoms with van der Waals surface area (Å²) in [6.45, 7) is 6.31. The van der Waals surface area contributed by atoms with E-state index >= 15 is 0 Å². The number of hydrogen-bond donors (Lipinski definition) is 2. The highest BCUT2D eigenvalue weighted by atomic mass is 32.1. The second-order valence-electron chi connectivity index (χ2n) is 8.45. The Kier molecular flexibility index (Phi) is 10.6. The van der Waals surface area contributed by atoms with Crippen molar-refractivity contribution in [3.63, 3.8) is 0 Å². The molecular weight excluding hydrogens is 442 g/mol. The van der Waals surface area contributed by atoms with Crippen molar-refractivity contribution in [3.8, 4) is 5.75 Å². The van der Waals surface area contributed by atoms with Crippen LogP contribution in [-0.4, -0.2) is 30.6 Å². The quantitative estimate of drug-likeness (QED) is 0.294. The van der Waals surface area contributed by atoms with Crippen LogP contribution >= 0.6 is 11.3 Å². The summed E-state index contributed by atoms with van der Waals surface area (Å²) < 4.78 is 9.92. The second kappa shape index (κ2) is 13.2. The first-order chi connectivity index (χ1) is 15.8. The lowest BCUT2D eigenvalue weighted by molar-refractivity contribution is 0.0922. The van der Waals surface area contributed by atoms with E-state index < -0.39 is 23.4 Å². The maximum atomic E-state index is 12.9. The number of thiophene rings is 1. The van der Waals surface area contributed by atoms with Crippen LogP contribution in [0.4, 0.5) is 4.79 Å². The number of rotatable bonds is 13. The van der Waals surface area contributed by atoms with Gasteiger partial charge in [0, 0.05) is 34.2 Å². The van der Waals surface area contributed by atoms with Gasteiger partial charge in [0.15, 0.2) is 5.78 Å². The van der Waals surface area contributed by atoms with Crippen molar-refractivity contribution in [1.29, 1.82) is 0 Å². The summed E-state index contributed by atoms with van der Waals surface area (Å²) in [6.07, 6.45) is 5.59. The Hall–Kier alpha value is -2.61. The Morgan fingerprint density at radius 2 is 1.91 bits per heavy atom. The molecule has 0 radical (unpaired) electrons. The number of unbranched alkanes of at least 4 members (excludes halogenated alkanes) is 2. The summed E-state index contributed by atoms with van der Waals surface area (Å²) in [7, 11) is 1.31. The van der Waals surface area contributed by atoms with Crippen molar-refractivity contribution in [2.45, 2.75) is 71.6 Å². The molecule has 1 amide bonds. The molecule has 2 rings (SSSR count). The van der Waals surface area contributed by atoms with Crippen molar-refractivity contribution >= 4 is 23.2 Å². The van der Waals surface area contributed by atoms with E-state index in [1.54, 1.807) is 18.3 Å². The Morgan fingerprint density at radius 3 is 2.58 bits per heavy atom. The number of ketones is 1. The molecule has 0 aromatic carbocycles. The summed E-state index contributed by atoms with van der Waals surface area (Å²) in [5, 5.41) is 13.1. The smallest absolute Gasteiger partial charge is 0.406 e. The molecule has 0 saturated heterocycles. The first-order valence-electron chi connectivity index (χ1n) is 11.6. The number of ether oxygens (including phenoxy) is 1. The van der Waals surface area contributed by atoms with Crippen molar-refractivity contribution < 1.29 is 23.8 Å². The second-order valence-corrected chi connectivity index (χ2v) is 9.71.